The van der Waals surface area contributed by atoms with Gasteiger partial charge in [-0.25, -0.2) is 4.98 Å². The van der Waals surface area contributed by atoms with Crippen LogP contribution >= 0.6 is 11.6 Å². The lowest BCUT2D eigenvalue weighted by Crippen LogP contribution is -2.48. The summed E-state index contributed by atoms with van der Waals surface area (Å²) in [4.78, 5) is 16.8. The summed E-state index contributed by atoms with van der Waals surface area (Å²) in [6.45, 7) is 0.492. The number of alkyl halides is 3. The lowest BCUT2D eigenvalue weighted by Gasteiger charge is -2.35. The maximum absolute atomic E-state index is 12.6. The molecule has 0 radical (unpaired) electrons. The van der Waals surface area contributed by atoms with Gasteiger partial charge in [0.25, 0.3) is 0 Å². The Kier molecular flexibility index (Phi) is 4.08. The fourth-order valence-electron chi connectivity index (χ4n) is 2.28. The number of carbonyl (C=O) groups excluding carboxylic acids is 1. The van der Waals surface area contributed by atoms with E-state index in [0.717, 1.165) is 18.9 Å². The van der Waals surface area contributed by atoms with Gasteiger partial charge in [0, 0.05) is 12.7 Å². The van der Waals surface area contributed by atoms with Crippen molar-refractivity contribution < 1.29 is 18.0 Å². The molecule has 2 rings (SSSR count). The van der Waals surface area contributed by atoms with Crippen molar-refractivity contribution in [2.45, 2.75) is 31.5 Å². The number of anilines is 1. The van der Waals surface area contributed by atoms with Gasteiger partial charge in [0.1, 0.15) is 11.9 Å². The summed E-state index contributed by atoms with van der Waals surface area (Å²) >= 11 is 5.88. The van der Waals surface area contributed by atoms with Gasteiger partial charge < -0.3 is 10.6 Å². The van der Waals surface area contributed by atoms with Crippen molar-refractivity contribution in [3.63, 3.8) is 0 Å². The Morgan fingerprint density at radius 1 is 1.45 bits per heavy atom. The standard InChI is InChI=1S/C12H13ClF3N3O/c13-8-5-7(12(14,15)16)6-18-11(8)19-4-2-1-3-9(19)10(17)20/h5-6,9H,1-4H2,(H2,17,20)/t9-/m0/s1. The van der Waals surface area contributed by atoms with Crippen molar-refractivity contribution >= 4 is 23.3 Å². The molecule has 1 fully saturated rings. The number of carbonyl (C=O) groups is 1. The van der Waals surface area contributed by atoms with Crippen LogP contribution < -0.4 is 10.6 Å². The average molecular weight is 308 g/mol. The van der Waals surface area contributed by atoms with Gasteiger partial charge in [-0.05, 0) is 25.3 Å². The SMILES string of the molecule is NC(=O)[C@@H]1CCCCN1c1ncc(C(F)(F)F)cc1Cl. The molecule has 0 aromatic carbocycles. The van der Waals surface area contributed by atoms with Crippen molar-refractivity contribution in [3.8, 4) is 0 Å². The monoisotopic (exact) mass is 307 g/mol. The molecule has 1 aliphatic rings. The van der Waals surface area contributed by atoms with Gasteiger partial charge in [0.05, 0.1) is 10.6 Å². The number of nitrogens with two attached hydrogens (primary N) is 1. The summed E-state index contributed by atoms with van der Waals surface area (Å²) in [6.07, 6.45) is -1.59. The number of primary amides is 1. The number of amides is 1. The number of hydrogen-bond donors (Lipinski definition) is 1. The third-order valence-corrected chi connectivity index (χ3v) is 3.53. The number of nitrogens with zero attached hydrogens (tertiary/aromatic N) is 2. The van der Waals surface area contributed by atoms with Crippen LogP contribution in [0, 0.1) is 0 Å². The van der Waals surface area contributed by atoms with Gasteiger partial charge >= 0.3 is 6.18 Å². The fraction of sp³-hybridized carbons (Fsp3) is 0.500. The highest BCUT2D eigenvalue weighted by molar-refractivity contribution is 6.33. The minimum absolute atomic E-state index is 0.132. The second-order valence-corrected chi connectivity index (χ2v) is 5.04. The van der Waals surface area contributed by atoms with E-state index in [1.165, 1.54) is 0 Å². The first-order chi connectivity index (χ1) is 9.30. The van der Waals surface area contributed by atoms with Crippen LogP contribution in [0.5, 0.6) is 0 Å². The molecule has 4 nitrogen and oxygen atoms in total. The summed E-state index contributed by atoms with van der Waals surface area (Å²) in [7, 11) is 0. The van der Waals surface area contributed by atoms with Gasteiger partial charge in [-0.15, -0.1) is 0 Å². The van der Waals surface area contributed by atoms with E-state index in [1.807, 2.05) is 0 Å². The lowest BCUT2D eigenvalue weighted by atomic mass is 10.0. The first-order valence-corrected chi connectivity index (χ1v) is 6.47. The van der Waals surface area contributed by atoms with E-state index in [-0.39, 0.29) is 10.8 Å². The molecule has 2 heterocycles. The zero-order chi connectivity index (χ0) is 14.9. The molecule has 0 saturated carbocycles. The summed E-state index contributed by atoms with van der Waals surface area (Å²) in [5.74, 6) is -0.356. The molecule has 110 valence electrons. The highest BCUT2D eigenvalue weighted by Crippen LogP contribution is 2.35. The van der Waals surface area contributed by atoms with E-state index in [1.54, 1.807) is 4.90 Å². The molecule has 20 heavy (non-hydrogen) atoms. The molecule has 1 amide bonds. The topological polar surface area (TPSA) is 59.2 Å². The first-order valence-electron chi connectivity index (χ1n) is 6.09. The van der Waals surface area contributed by atoms with E-state index in [0.29, 0.717) is 19.2 Å². The molecular weight excluding hydrogens is 295 g/mol. The third-order valence-electron chi connectivity index (χ3n) is 3.25. The summed E-state index contributed by atoms with van der Waals surface area (Å²) in [6, 6.07) is 0.238. The van der Waals surface area contributed by atoms with Gasteiger partial charge in [-0.3, -0.25) is 4.79 Å². The highest BCUT2D eigenvalue weighted by atomic mass is 35.5. The Bertz CT molecular complexity index is 521. The maximum Gasteiger partial charge on any atom is 0.417 e. The minimum Gasteiger partial charge on any atom is -0.368 e. The Morgan fingerprint density at radius 3 is 2.70 bits per heavy atom. The lowest BCUT2D eigenvalue weighted by molar-refractivity contribution is -0.137. The molecule has 0 aliphatic carbocycles. The first kappa shape index (κ1) is 14.9. The molecule has 0 bridgehead atoms. The molecule has 0 unspecified atom stereocenters. The molecule has 0 spiro atoms. The molecular formula is C12H13ClF3N3O. The Balaban J connectivity index is 2.34. The Morgan fingerprint density at radius 2 is 2.15 bits per heavy atom. The second-order valence-electron chi connectivity index (χ2n) is 4.63. The van der Waals surface area contributed by atoms with E-state index >= 15 is 0 Å². The van der Waals surface area contributed by atoms with Crippen LogP contribution in [0.1, 0.15) is 24.8 Å². The van der Waals surface area contributed by atoms with Crippen molar-refractivity contribution in [2.24, 2.45) is 5.73 Å². The second kappa shape index (κ2) is 5.47. The van der Waals surface area contributed by atoms with Crippen molar-refractivity contribution in [1.29, 1.82) is 0 Å². The molecule has 1 saturated heterocycles. The highest BCUT2D eigenvalue weighted by Gasteiger charge is 2.34. The van der Waals surface area contributed by atoms with Crippen molar-refractivity contribution in [2.75, 3.05) is 11.4 Å². The Hall–Kier alpha value is -1.50. The summed E-state index contributed by atoms with van der Waals surface area (Å²) in [5.41, 5.74) is 4.39. The number of piperidine rings is 1. The van der Waals surface area contributed by atoms with Gasteiger partial charge in [-0.2, -0.15) is 13.2 Å². The van der Waals surface area contributed by atoms with Gasteiger partial charge in [0.2, 0.25) is 5.91 Å². The summed E-state index contributed by atoms with van der Waals surface area (Å²) < 4.78 is 37.7. The summed E-state index contributed by atoms with van der Waals surface area (Å²) in [5, 5.41) is -0.132. The number of aromatic nitrogens is 1. The number of pyridine rings is 1. The van der Waals surface area contributed by atoms with E-state index in [4.69, 9.17) is 17.3 Å². The molecule has 2 N–H and O–H groups in total. The quantitative estimate of drug-likeness (QED) is 0.913. The molecule has 1 aromatic rings. The van der Waals surface area contributed by atoms with Gasteiger partial charge in [-0.1, -0.05) is 11.6 Å². The fourth-order valence-corrected chi connectivity index (χ4v) is 2.55. The Labute approximate surface area is 118 Å². The normalized spacial score (nSPS) is 20.0. The van der Waals surface area contributed by atoms with Crippen molar-refractivity contribution in [1.82, 2.24) is 4.98 Å². The van der Waals surface area contributed by atoms with Crippen LogP contribution in [0.15, 0.2) is 12.3 Å². The predicted octanol–water partition coefficient (Wildman–Crippen LogP) is 2.60. The zero-order valence-electron chi connectivity index (χ0n) is 10.5. The van der Waals surface area contributed by atoms with E-state index in [9.17, 15) is 18.0 Å². The predicted molar refractivity (Wildman–Crippen MR) is 68.4 cm³/mol. The zero-order valence-corrected chi connectivity index (χ0v) is 11.2. The smallest absolute Gasteiger partial charge is 0.368 e. The molecule has 1 atom stereocenters. The van der Waals surface area contributed by atoms with Crippen molar-refractivity contribution in [3.05, 3.63) is 22.8 Å². The van der Waals surface area contributed by atoms with E-state index in [2.05, 4.69) is 4.98 Å². The van der Waals surface area contributed by atoms with Crippen LogP contribution in [0.25, 0.3) is 0 Å². The van der Waals surface area contributed by atoms with Gasteiger partial charge in [0.15, 0.2) is 0 Å². The van der Waals surface area contributed by atoms with Crippen LogP contribution in [-0.2, 0) is 11.0 Å². The van der Waals surface area contributed by atoms with Crippen LogP contribution in [0.4, 0.5) is 19.0 Å². The minimum atomic E-state index is -4.50. The van der Waals surface area contributed by atoms with E-state index < -0.39 is 23.7 Å². The number of hydrogen-bond acceptors (Lipinski definition) is 3. The number of halogens is 4. The maximum atomic E-state index is 12.6. The molecule has 1 aromatic heterocycles. The van der Waals surface area contributed by atoms with Crippen LogP contribution in [-0.4, -0.2) is 23.5 Å². The molecule has 1 aliphatic heterocycles. The molecule has 8 heteroatoms. The largest absolute Gasteiger partial charge is 0.417 e. The van der Waals surface area contributed by atoms with Crippen LogP contribution in [0.3, 0.4) is 0 Å². The number of rotatable bonds is 2. The third kappa shape index (κ3) is 2.98. The van der Waals surface area contributed by atoms with Crippen LogP contribution in [0.2, 0.25) is 5.02 Å². The average Bonchev–Trinajstić information content (AvgIpc) is 2.37.